The summed E-state index contributed by atoms with van der Waals surface area (Å²) in [6.45, 7) is 1.80. The van der Waals surface area contributed by atoms with Gasteiger partial charge in [-0.05, 0) is 67.1 Å². The first-order chi connectivity index (χ1) is 17.6. The largest absolute Gasteiger partial charge is 0.490 e. The van der Waals surface area contributed by atoms with Crippen LogP contribution in [0.1, 0.15) is 12.5 Å². The van der Waals surface area contributed by atoms with Crippen molar-refractivity contribution >= 4 is 62.9 Å². The fraction of sp³-hybridized carbons (Fsp3) is 0.0800. The summed E-state index contributed by atoms with van der Waals surface area (Å²) in [7, 11) is -4.23. The van der Waals surface area contributed by atoms with Gasteiger partial charge in [-0.1, -0.05) is 41.4 Å². The first-order valence-corrected chi connectivity index (χ1v) is 12.9. The number of hydrogen-bond donors (Lipinski definition) is 1. The van der Waals surface area contributed by atoms with Gasteiger partial charge in [-0.15, -0.1) is 0 Å². The van der Waals surface area contributed by atoms with E-state index in [1.165, 1.54) is 54.6 Å². The Morgan fingerprint density at radius 1 is 0.973 bits per heavy atom. The van der Waals surface area contributed by atoms with Gasteiger partial charge >= 0.3 is 16.1 Å². The highest BCUT2D eigenvalue weighted by Crippen LogP contribution is 2.39. The van der Waals surface area contributed by atoms with Gasteiger partial charge in [0.05, 0.1) is 17.3 Å². The molecule has 3 aromatic carbocycles. The number of rotatable bonds is 7. The molecule has 1 aliphatic rings. The Hall–Kier alpha value is -3.86. The quantitative estimate of drug-likeness (QED) is 0.250. The van der Waals surface area contributed by atoms with Crippen molar-refractivity contribution in [3.63, 3.8) is 0 Å². The highest BCUT2D eigenvalue weighted by atomic mass is 35.5. The van der Waals surface area contributed by atoms with E-state index in [-0.39, 0.29) is 44.8 Å². The molecule has 0 aliphatic carbocycles. The van der Waals surface area contributed by atoms with Crippen LogP contribution in [-0.4, -0.2) is 32.9 Å². The van der Waals surface area contributed by atoms with Crippen LogP contribution in [0.3, 0.4) is 0 Å². The number of nitrogens with zero attached hydrogens (tertiary/aromatic N) is 1. The number of halogens is 2. The molecule has 0 radical (unpaired) electrons. The van der Waals surface area contributed by atoms with Crippen LogP contribution in [0.2, 0.25) is 10.0 Å². The summed E-state index contributed by atoms with van der Waals surface area (Å²) < 4.78 is 36.3. The van der Waals surface area contributed by atoms with E-state index in [0.717, 1.165) is 4.90 Å². The Kier molecular flexibility index (Phi) is 7.53. The molecule has 0 atom stereocenters. The Balaban J connectivity index is 1.72. The molecular weight excluding hydrogens is 543 g/mol. The van der Waals surface area contributed by atoms with Crippen LogP contribution in [0, 0.1) is 0 Å². The van der Waals surface area contributed by atoms with Crippen molar-refractivity contribution in [1.82, 2.24) is 5.32 Å². The van der Waals surface area contributed by atoms with Crippen LogP contribution in [0.5, 0.6) is 11.5 Å². The van der Waals surface area contributed by atoms with E-state index in [2.05, 4.69) is 5.32 Å². The number of ether oxygens (including phenoxy) is 1. The smallest absolute Gasteiger partial charge is 0.339 e. The molecule has 0 saturated carbocycles. The maximum absolute atomic E-state index is 13.1. The molecule has 1 aliphatic heterocycles. The number of imide groups is 2. The second-order valence-electron chi connectivity index (χ2n) is 7.55. The van der Waals surface area contributed by atoms with E-state index in [4.69, 9.17) is 32.1 Å². The third kappa shape index (κ3) is 5.61. The SMILES string of the molecule is CCOc1cc(/C=C2\C(=O)NC(=O)N(c3ccc(Cl)cc3)C2=O)cc(Cl)c1OS(=O)(=O)c1ccccc1. The van der Waals surface area contributed by atoms with Gasteiger partial charge < -0.3 is 8.92 Å². The Labute approximate surface area is 222 Å². The van der Waals surface area contributed by atoms with Crippen molar-refractivity contribution < 1.29 is 31.7 Å². The molecule has 0 spiro atoms. The first-order valence-electron chi connectivity index (χ1n) is 10.7. The zero-order valence-corrected chi connectivity index (χ0v) is 21.4. The van der Waals surface area contributed by atoms with Gasteiger partial charge in [-0.3, -0.25) is 14.9 Å². The number of urea groups is 1. The summed E-state index contributed by atoms with van der Waals surface area (Å²) in [5.41, 5.74) is 0.0636. The summed E-state index contributed by atoms with van der Waals surface area (Å²) in [6, 6.07) is 15.1. The van der Waals surface area contributed by atoms with Gasteiger partial charge in [0, 0.05) is 5.02 Å². The van der Waals surface area contributed by atoms with E-state index >= 15 is 0 Å². The van der Waals surface area contributed by atoms with Gasteiger partial charge in [0.2, 0.25) is 5.75 Å². The summed E-state index contributed by atoms with van der Waals surface area (Å²) >= 11 is 12.2. The minimum Gasteiger partial charge on any atom is -0.490 e. The molecule has 190 valence electrons. The summed E-state index contributed by atoms with van der Waals surface area (Å²) in [5, 5.41) is 2.37. The van der Waals surface area contributed by atoms with Crippen LogP contribution >= 0.6 is 23.2 Å². The number of amides is 4. The maximum Gasteiger partial charge on any atom is 0.339 e. The monoisotopic (exact) mass is 560 g/mol. The van der Waals surface area contributed by atoms with Gasteiger partial charge in [0.15, 0.2) is 5.75 Å². The normalized spacial score (nSPS) is 15.1. The highest BCUT2D eigenvalue weighted by Gasteiger charge is 2.37. The van der Waals surface area contributed by atoms with Crippen molar-refractivity contribution in [2.45, 2.75) is 11.8 Å². The van der Waals surface area contributed by atoms with Crippen molar-refractivity contribution in [1.29, 1.82) is 0 Å². The third-order valence-corrected chi connectivity index (χ3v) is 6.82. The molecule has 4 rings (SSSR count). The van der Waals surface area contributed by atoms with Crippen LogP contribution in [0.15, 0.2) is 77.2 Å². The number of carbonyl (C=O) groups excluding carboxylic acids is 3. The van der Waals surface area contributed by atoms with Crippen LogP contribution in [-0.2, 0) is 19.7 Å². The molecule has 4 amide bonds. The molecule has 0 unspecified atom stereocenters. The number of anilines is 1. The molecule has 1 fully saturated rings. The van der Waals surface area contributed by atoms with E-state index in [1.807, 2.05) is 0 Å². The standard InChI is InChI=1S/C25H18Cl2N2O7S/c1-2-35-21-14-15(13-20(27)22(21)36-37(33,34)18-6-4-3-5-7-18)12-19-23(30)28-25(32)29(24(19)31)17-10-8-16(26)9-11-17/h3-14H,2H2,1H3,(H,28,30,32)/b19-12+. The lowest BCUT2D eigenvalue weighted by molar-refractivity contribution is -0.122. The fourth-order valence-corrected chi connectivity index (χ4v) is 4.82. The number of nitrogens with one attached hydrogen (secondary N) is 1. The molecule has 1 saturated heterocycles. The van der Waals surface area contributed by atoms with E-state index in [0.29, 0.717) is 5.02 Å². The summed E-state index contributed by atoms with van der Waals surface area (Å²) in [5.74, 6) is -2.08. The lowest BCUT2D eigenvalue weighted by Crippen LogP contribution is -2.54. The minimum absolute atomic E-state index is 0.0318. The van der Waals surface area contributed by atoms with Crippen LogP contribution < -0.4 is 19.1 Å². The molecular formula is C25H18Cl2N2O7S. The summed E-state index contributed by atoms with van der Waals surface area (Å²) in [4.78, 5) is 38.7. The van der Waals surface area contributed by atoms with Gasteiger partial charge in [0.1, 0.15) is 10.5 Å². The van der Waals surface area contributed by atoms with Crippen molar-refractivity contribution in [3.05, 3.63) is 87.9 Å². The number of benzene rings is 3. The Morgan fingerprint density at radius 2 is 1.65 bits per heavy atom. The molecule has 0 bridgehead atoms. The van der Waals surface area contributed by atoms with Crippen molar-refractivity contribution in [2.75, 3.05) is 11.5 Å². The Morgan fingerprint density at radius 3 is 2.30 bits per heavy atom. The van der Waals surface area contributed by atoms with E-state index in [9.17, 15) is 22.8 Å². The molecule has 0 aromatic heterocycles. The number of carbonyl (C=O) groups is 3. The predicted octanol–water partition coefficient (Wildman–Crippen LogP) is 4.83. The van der Waals surface area contributed by atoms with Crippen molar-refractivity contribution in [3.8, 4) is 11.5 Å². The lowest BCUT2D eigenvalue weighted by Gasteiger charge is -2.26. The van der Waals surface area contributed by atoms with Crippen molar-refractivity contribution in [2.24, 2.45) is 0 Å². The molecule has 37 heavy (non-hydrogen) atoms. The molecule has 3 aromatic rings. The minimum atomic E-state index is -4.23. The van der Waals surface area contributed by atoms with Gasteiger partial charge in [-0.2, -0.15) is 8.42 Å². The zero-order valence-electron chi connectivity index (χ0n) is 19.1. The number of barbiturate groups is 1. The maximum atomic E-state index is 13.1. The lowest BCUT2D eigenvalue weighted by atomic mass is 10.1. The molecule has 12 heteroatoms. The Bertz CT molecular complexity index is 1520. The average Bonchev–Trinajstić information content (AvgIpc) is 2.85. The van der Waals surface area contributed by atoms with Crippen LogP contribution in [0.4, 0.5) is 10.5 Å². The first kappa shape index (κ1) is 26.2. The van der Waals surface area contributed by atoms with Crippen LogP contribution in [0.25, 0.3) is 6.08 Å². The third-order valence-electron chi connectivity index (χ3n) is 5.05. The summed E-state index contributed by atoms with van der Waals surface area (Å²) in [6.07, 6.45) is 1.21. The second kappa shape index (κ2) is 10.6. The van der Waals surface area contributed by atoms with Gasteiger partial charge in [-0.25, -0.2) is 9.69 Å². The predicted molar refractivity (Wildman–Crippen MR) is 137 cm³/mol. The molecule has 1 N–H and O–H groups in total. The fourth-order valence-electron chi connectivity index (χ4n) is 3.41. The van der Waals surface area contributed by atoms with E-state index < -0.39 is 28.0 Å². The van der Waals surface area contributed by atoms with Gasteiger partial charge in [0.25, 0.3) is 11.8 Å². The highest BCUT2D eigenvalue weighted by molar-refractivity contribution is 7.87. The topological polar surface area (TPSA) is 119 Å². The number of hydrogen-bond acceptors (Lipinski definition) is 7. The van der Waals surface area contributed by atoms with E-state index in [1.54, 1.807) is 25.1 Å². The molecule has 9 nitrogen and oxygen atoms in total. The average molecular weight is 561 g/mol. The molecule has 1 heterocycles. The second-order valence-corrected chi connectivity index (χ2v) is 9.94. The zero-order chi connectivity index (χ0) is 26.7.